The van der Waals surface area contributed by atoms with Crippen molar-refractivity contribution in [1.82, 2.24) is 14.8 Å². The van der Waals surface area contributed by atoms with Crippen molar-refractivity contribution < 1.29 is 9.18 Å². The van der Waals surface area contributed by atoms with Gasteiger partial charge >= 0.3 is 0 Å². The maximum atomic E-state index is 13.2. The Labute approximate surface area is 116 Å². The van der Waals surface area contributed by atoms with Crippen molar-refractivity contribution in [3.05, 3.63) is 42.7 Å². The molecule has 0 saturated heterocycles. The van der Waals surface area contributed by atoms with Gasteiger partial charge in [0.05, 0.1) is 30.0 Å². The molecule has 0 atom stereocenters. The van der Waals surface area contributed by atoms with Crippen LogP contribution < -0.4 is 5.32 Å². The molecule has 0 saturated carbocycles. The zero-order valence-electron chi connectivity index (χ0n) is 11.3. The molecule has 2 aromatic rings. The lowest BCUT2D eigenvalue weighted by Crippen LogP contribution is -2.17. The van der Waals surface area contributed by atoms with Gasteiger partial charge in [0, 0.05) is 12.0 Å². The van der Waals surface area contributed by atoms with Gasteiger partial charge in [0.2, 0.25) is 5.91 Å². The van der Waals surface area contributed by atoms with E-state index in [-0.39, 0.29) is 11.8 Å². The molecule has 2 rings (SSSR count). The summed E-state index contributed by atoms with van der Waals surface area (Å²) in [5.41, 5.74) is 1.52. The third-order valence-corrected chi connectivity index (χ3v) is 2.67. The molecular weight excluding hydrogens is 259 g/mol. The maximum absolute atomic E-state index is 13.2. The number of amides is 1. The first-order valence-electron chi connectivity index (χ1n) is 6.15. The smallest absolute Gasteiger partial charge is 0.227 e. The van der Waals surface area contributed by atoms with Crippen LogP contribution in [-0.2, 0) is 4.79 Å². The van der Waals surface area contributed by atoms with E-state index < -0.39 is 5.82 Å². The number of halogens is 1. The second kappa shape index (κ2) is 5.64. The van der Waals surface area contributed by atoms with Crippen molar-refractivity contribution in [3.8, 4) is 5.69 Å². The summed E-state index contributed by atoms with van der Waals surface area (Å²) < 4.78 is 14.6. The van der Waals surface area contributed by atoms with Crippen molar-refractivity contribution in [2.75, 3.05) is 5.32 Å². The fraction of sp³-hybridized carbons (Fsp3) is 0.214. The van der Waals surface area contributed by atoms with Crippen LogP contribution in [0.2, 0.25) is 0 Å². The SMILES string of the molecule is C=Cc1nn(-c2cncc(F)c2)cc1NC(=O)C(C)C. The van der Waals surface area contributed by atoms with Gasteiger partial charge in [0.25, 0.3) is 0 Å². The number of rotatable bonds is 4. The predicted octanol–water partition coefficient (Wildman–Crippen LogP) is 2.64. The van der Waals surface area contributed by atoms with E-state index >= 15 is 0 Å². The molecular formula is C14H15FN4O. The van der Waals surface area contributed by atoms with Gasteiger partial charge in [-0.3, -0.25) is 9.78 Å². The van der Waals surface area contributed by atoms with Gasteiger partial charge in [-0.15, -0.1) is 0 Å². The molecule has 6 heteroatoms. The molecule has 0 fully saturated rings. The fourth-order valence-electron chi connectivity index (χ4n) is 1.57. The summed E-state index contributed by atoms with van der Waals surface area (Å²) in [6, 6.07) is 1.31. The Kier molecular flexibility index (Phi) is 3.93. The first-order valence-corrected chi connectivity index (χ1v) is 6.15. The molecule has 0 radical (unpaired) electrons. The molecule has 5 nitrogen and oxygen atoms in total. The Morgan fingerprint density at radius 1 is 1.50 bits per heavy atom. The summed E-state index contributed by atoms with van der Waals surface area (Å²) >= 11 is 0. The molecule has 104 valence electrons. The van der Waals surface area contributed by atoms with Crippen LogP contribution >= 0.6 is 0 Å². The molecule has 2 aromatic heterocycles. The number of nitrogens with zero attached hydrogens (tertiary/aromatic N) is 3. The second-order valence-electron chi connectivity index (χ2n) is 4.58. The normalized spacial score (nSPS) is 10.6. The highest BCUT2D eigenvalue weighted by atomic mass is 19.1. The monoisotopic (exact) mass is 274 g/mol. The molecule has 0 unspecified atom stereocenters. The van der Waals surface area contributed by atoms with E-state index in [9.17, 15) is 9.18 Å². The van der Waals surface area contributed by atoms with Crippen LogP contribution in [-0.4, -0.2) is 20.7 Å². The molecule has 0 spiro atoms. The highest BCUT2D eigenvalue weighted by Crippen LogP contribution is 2.19. The lowest BCUT2D eigenvalue weighted by atomic mass is 10.2. The summed E-state index contributed by atoms with van der Waals surface area (Å²) in [5.74, 6) is -0.720. The Morgan fingerprint density at radius 3 is 2.85 bits per heavy atom. The highest BCUT2D eigenvalue weighted by molar-refractivity contribution is 5.93. The van der Waals surface area contributed by atoms with E-state index in [1.54, 1.807) is 20.0 Å². The third-order valence-electron chi connectivity index (χ3n) is 2.67. The van der Waals surface area contributed by atoms with E-state index in [4.69, 9.17) is 0 Å². The summed E-state index contributed by atoms with van der Waals surface area (Å²) in [4.78, 5) is 15.5. The second-order valence-corrected chi connectivity index (χ2v) is 4.58. The van der Waals surface area contributed by atoms with Crippen molar-refractivity contribution in [2.24, 2.45) is 5.92 Å². The number of pyridine rings is 1. The van der Waals surface area contributed by atoms with E-state index in [1.165, 1.54) is 23.0 Å². The lowest BCUT2D eigenvalue weighted by molar-refractivity contribution is -0.118. The van der Waals surface area contributed by atoms with Crippen molar-refractivity contribution in [2.45, 2.75) is 13.8 Å². The largest absolute Gasteiger partial charge is 0.323 e. The quantitative estimate of drug-likeness (QED) is 0.932. The Balaban J connectivity index is 2.36. The van der Waals surface area contributed by atoms with Gasteiger partial charge in [0.15, 0.2) is 0 Å². The van der Waals surface area contributed by atoms with Crippen LogP contribution in [0.5, 0.6) is 0 Å². The van der Waals surface area contributed by atoms with Crippen LogP contribution in [0, 0.1) is 11.7 Å². The van der Waals surface area contributed by atoms with Crippen molar-refractivity contribution in [1.29, 1.82) is 0 Å². The number of carbonyl (C=O) groups excluding carboxylic acids is 1. The number of nitrogens with one attached hydrogen (secondary N) is 1. The summed E-state index contributed by atoms with van der Waals surface area (Å²) in [7, 11) is 0. The average molecular weight is 274 g/mol. The van der Waals surface area contributed by atoms with Crippen molar-refractivity contribution >= 4 is 17.7 Å². The fourth-order valence-corrected chi connectivity index (χ4v) is 1.57. The zero-order valence-corrected chi connectivity index (χ0v) is 11.3. The van der Waals surface area contributed by atoms with Crippen LogP contribution in [0.15, 0.2) is 31.2 Å². The molecule has 1 N–H and O–H groups in total. The number of anilines is 1. The van der Waals surface area contributed by atoms with Crippen LogP contribution in [0.1, 0.15) is 19.5 Å². The number of hydrogen-bond acceptors (Lipinski definition) is 3. The minimum atomic E-state index is -0.453. The molecule has 20 heavy (non-hydrogen) atoms. The number of carbonyl (C=O) groups is 1. The van der Waals surface area contributed by atoms with Gasteiger partial charge in [-0.1, -0.05) is 20.4 Å². The predicted molar refractivity (Wildman–Crippen MR) is 74.9 cm³/mol. The maximum Gasteiger partial charge on any atom is 0.227 e. The highest BCUT2D eigenvalue weighted by Gasteiger charge is 2.13. The van der Waals surface area contributed by atoms with Gasteiger partial charge in [-0.2, -0.15) is 5.10 Å². The van der Waals surface area contributed by atoms with Crippen molar-refractivity contribution in [3.63, 3.8) is 0 Å². The lowest BCUT2D eigenvalue weighted by Gasteiger charge is -2.05. The Hall–Kier alpha value is -2.50. The summed E-state index contributed by atoms with van der Waals surface area (Å²) in [6.07, 6.45) is 5.73. The third kappa shape index (κ3) is 2.90. The van der Waals surface area contributed by atoms with Gasteiger partial charge in [-0.25, -0.2) is 9.07 Å². The minimum absolute atomic E-state index is 0.120. The molecule has 0 aliphatic heterocycles. The van der Waals surface area contributed by atoms with E-state index in [0.717, 1.165) is 6.20 Å². The number of aromatic nitrogens is 3. The van der Waals surface area contributed by atoms with Gasteiger partial charge < -0.3 is 5.32 Å². The summed E-state index contributed by atoms with van der Waals surface area (Å²) in [5, 5.41) is 6.99. The summed E-state index contributed by atoms with van der Waals surface area (Å²) in [6.45, 7) is 7.24. The van der Waals surface area contributed by atoms with E-state index in [2.05, 4.69) is 22.0 Å². The van der Waals surface area contributed by atoms with E-state index in [1.807, 2.05) is 0 Å². The molecule has 0 aliphatic carbocycles. The number of hydrogen-bond donors (Lipinski definition) is 1. The molecule has 0 aromatic carbocycles. The van der Waals surface area contributed by atoms with Crippen LogP contribution in [0.25, 0.3) is 11.8 Å². The Morgan fingerprint density at radius 2 is 2.25 bits per heavy atom. The molecule has 0 bridgehead atoms. The van der Waals surface area contributed by atoms with Gasteiger partial charge in [-0.05, 0) is 6.08 Å². The average Bonchev–Trinajstić information content (AvgIpc) is 2.81. The topological polar surface area (TPSA) is 59.8 Å². The molecule has 0 aliphatic rings. The standard InChI is InChI=1S/C14H15FN4O/c1-4-12-13(17-14(20)9(2)3)8-19(18-12)11-5-10(15)6-16-7-11/h4-9H,1H2,2-3H3,(H,17,20). The Bertz CT molecular complexity index is 648. The van der Waals surface area contributed by atoms with Crippen LogP contribution in [0.4, 0.5) is 10.1 Å². The first kappa shape index (κ1) is 13.9. The minimum Gasteiger partial charge on any atom is -0.323 e. The van der Waals surface area contributed by atoms with Gasteiger partial charge in [0.1, 0.15) is 11.5 Å². The first-order chi connectivity index (χ1) is 9.51. The van der Waals surface area contributed by atoms with E-state index in [0.29, 0.717) is 17.1 Å². The molecule has 2 heterocycles. The zero-order chi connectivity index (χ0) is 14.7. The van der Waals surface area contributed by atoms with Crippen LogP contribution in [0.3, 0.4) is 0 Å². The molecule has 1 amide bonds.